The molecule has 0 spiro atoms. The molecule has 0 saturated carbocycles. The average Bonchev–Trinajstić information content (AvgIpc) is 2.51. The van der Waals surface area contributed by atoms with Crippen molar-refractivity contribution in [1.82, 2.24) is 0 Å². The highest BCUT2D eigenvalue weighted by molar-refractivity contribution is 6.31. The van der Waals surface area contributed by atoms with E-state index in [0.717, 1.165) is 6.07 Å². The molecule has 1 aliphatic rings. The van der Waals surface area contributed by atoms with Crippen LogP contribution in [0.3, 0.4) is 0 Å². The van der Waals surface area contributed by atoms with E-state index in [-0.39, 0.29) is 16.7 Å². The third kappa shape index (κ3) is 1.89. The maximum atomic E-state index is 12.6. The number of anilines is 1. The van der Waals surface area contributed by atoms with Gasteiger partial charge in [0, 0.05) is 16.7 Å². The Morgan fingerprint density at radius 2 is 1.65 bits per heavy atom. The first-order chi connectivity index (χ1) is 10.8. The summed E-state index contributed by atoms with van der Waals surface area (Å²) in [6, 6.07) is 6.85. The molecule has 0 saturated heterocycles. The summed E-state index contributed by atoms with van der Waals surface area (Å²) < 4.78 is 0. The van der Waals surface area contributed by atoms with Crippen LogP contribution < -0.4 is 5.73 Å². The van der Waals surface area contributed by atoms with E-state index in [0.29, 0.717) is 0 Å². The molecule has 8 heteroatoms. The first-order valence-corrected chi connectivity index (χ1v) is 6.37. The van der Waals surface area contributed by atoms with Crippen molar-refractivity contribution in [3.8, 4) is 0 Å². The Bertz CT molecular complexity index is 932. The first-order valence-electron chi connectivity index (χ1n) is 6.37. The van der Waals surface area contributed by atoms with Crippen molar-refractivity contribution in [2.75, 3.05) is 5.73 Å². The molecule has 0 aromatic heterocycles. The molecule has 3 rings (SSSR count). The summed E-state index contributed by atoms with van der Waals surface area (Å²) in [7, 11) is 0. The number of nitrogen functional groups attached to an aromatic ring is 1. The van der Waals surface area contributed by atoms with Gasteiger partial charge in [-0.25, -0.2) is 4.79 Å². The molecule has 0 unspecified atom stereocenters. The number of nitro groups is 1. The molecule has 1 aliphatic carbocycles. The van der Waals surface area contributed by atoms with Gasteiger partial charge in [-0.2, -0.15) is 0 Å². The Morgan fingerprint density at radius 3 is 2.17 bits per heavy atom. The molecule has 0 fully saturated rings. The number of rotatable bonds is 2. The Balaban J connectivity index is 2.46. The number of nitrogens with two attached hydrogens (primary N) is 1. The fraction of sp³-hybridized carbons (Fsp3) is 0. The molecule has 2 aromatic rings. The van der Waals surface area contributed by atoms with Crippen LogP contribution in [0.1, 0.15) is 42.2 Å². The zero-order chi connectivity index (χ0) is 16.9. The highest BCUT2D eigenvalue weighted by atomic mass is 16.6. The van der Waals surface area contributed by atoms with Crippen LogP contribution in [0.4, 0.5) is 11.4 Å². The van der Waals surface area contributed by atoms with Crippen molar-refractivity contribution in [3.63, 3.8) is 0 Å². The number of nitrogens with zero attached hydrogens (tertiary/aromatic N) is 1. The number of benzene rings is 2. The molecule has 0 aliphatic heterocycles. The SMILES string of the molecule is Nc1cc2c(c(C(=O)O)c1[N+](=O)[O-])C(=O)c1ccccc1C2=O. The van der Waals surface area contributed by atoms with Gasteiger partial charge in [0.25, 0.3) is 0 Å². The predicted molar refractivity (Wildman–Crippen MR) is 77.8 cm³/mol. The Morgan fingerprint density at radius 1 is 1.09 bits per heavy atom. The molecule has 0 amide bonds. The minimum Gasteiger partial charge on any atom is -0.477 e. The lowest BCUT2D eigenvalue weighted by Crippen LogP contribution is -2.25. The van der Waals surface area contributed by atoms with Gasteiger partial charge in [-0.15, -0.1) is 0 Å². The molecular weight excluding hydrogens is 304 g/mol. The van der Waals surface area contributed by atoms with Crippen LogP contribution in [0.2, 0.25) is 0 Å². The van der Waals surface area contributed by atoms with Crippen LogP contribution in [0.5, 0.6) is 0 Å². The van der Waals surface area contributed by atoms with E-state index in [4.69, 9.17) is 5.73 Å². The van der Waals surface area contributed by atoms with E-state index in [1.54, 1.807) is 6.07 Å². The smallest absolute Gasteiger partial charge is 0.343 e. The molecular formula is C15H8N2O6. The van der Waals surface area contributed by atoms with Crippen molar-refractivity contribution >= 4 is 28.9 Å². The van der Waals surface area contributed by atoms with Gasteiger partial charge < -0.3 is 10.8 Å². The molecule has 2 aromatic carbocycles. The van der Waals surface area contributed by atoms with Crippen molar-refractivity contribution in [2.24, 2.45) is 0 Å². The minimum absolute atomic E-state index is 0.00608. The molecule has 0 bridgehead atoms. The second kappa shape index (κ2) is 4.73. The summed E-state index contributed by atoms with van der Waals surface area (Å²) >= 11 is 0. The zero-order valence-electron chi connectivity index (χ0n) is 11.4. The van der Waals surface area contributed by atoms with Crippen molar-refractivity contribution in [3.05, 3.63) is 68.3 Å². The second-order valence-electron chi connectivity index (χ2n) is 4.88. The zero-order valence-corrected chi connectivity index (χ0v) is 11.4. The van der Waals surface area contributed by atoms with Gasteiger partial charge in [0.1, 0.15) is 5.69 Å². The highest BCUT2D eigenvalue weighted by Crippen LogP contribution is 2.37. The predicted octanol–water partition coefficient (Wildman–Crippen LogP) is 1.65. The van der Waals surface area contributed by atoms with Crippen LogP contribution in [0, 0.1) is 10.1 Å². The molecule has 0 radical (unpaired) electrons. The van der Waals surface area contributed by atoms with Crippen molar-refractivity contribution < 1.29 is 24.4 Å². The number of nitro benzene ring substituents is 1. The highest BCUT2D eigenvalue weighted by Gasteiger charge is 2.39. The van der Waals surface area contributed by atoms with E-state index < -0.39 is 45.0 Å². The topological polar surface area (TPSA) is 141 Å². The van der Waals surface area contributed by atoms with Gasteiger partial charge in [0.05, 0.1) is 10.5 Å². The fourth-order valence-electron chi connectivity index (χ4n) is 2.67. The molecule has 3 N–H and O–H groups in total. The summed E-state index contributed by atoms with van der Waals surface area (Å²) in [6.45, 7) is 0. The van der Waals surface area contributed by atoms with Gasteiger partial charge >= 0.3 is 11.7 Å². The third-order valence-corrected chi connectivity index (χ3v) is 3.61. The number of aromatic carboxylic acids is 1. The van der Waals surface area contributed by atoms with E-state index in [9.17, 15) is 29.6 Å². The van der Waals surface area contributed by atoms with E-state index in [1.165, 1.54) is 18.2 Å². The number of hydrogen-bond donors (Lipinski definition) is 2. The fourth-order valence-corrected chi connectivity index (χ4v) is 2.67. The molecule has 0 atom stereocenters. The summed E-state index contributed by atoms with van der Waals surface area (Å²) in [6.07, 6.45) is 0. The van der Waals surface area contributed by atoms with Gasteiger partial charge in [-0.1, -0.05) is 24.3 Å². The van der Waals surface area contributed by atoms with Gasteiger partial charge in [0.2, 0.25) is 0 Å². The number of fused-ring (bicyclic) bond motifs is 2. The maximum Gasteiger partial charge on any atom is 0.343 e. The summed E-state index contributed by atoms with van der Waals surface area (Å²) in [5.41, 5.74) is 2.68. The number of carbonyl (C=O) groups excluding carboxylic acids is 2. The van der Waals surface area contributed by atoms with Crippen LogP contribution in [0.25, 0.3) is 0 Å². The normalized spacial score (nSPS) is 12.5. The Labute approximate surface area is 128 Å². The number of hydrogen-bond acceptors (Lipinski definition) is 6. The van der Waals surface area contributed by atoms with Crippen molar-refractivity contribution in [1.29, 1.82) is 0 Å². The summed E-state index contributed by atoms with van der Waals surface area (Å²) in [5, 5.41) is 20.5. The molecule has 0 heterocycles. The monoisotopic (exact) mass is 312 g/mol. The van der Waals surface area contributed by atoms with E-state index in [2.05, 4.69) is 0 Å². The van der Waals surface area contributed by atoms with Crippen LogP contribution >= 0.6 is 0 Å². The second-order valence-corrected chi connectivity index (χ2v) is 4.88. The molecule has 23 heavy (non-hydrogen) atoms. The number of carbonyl (C=O) groups is 3. The largest absolute Gasteiger partial charge is 0.477 e. The summed E-state index contributed by atoms with van der Waals surface area (Å²) in [5.74, 6) is -3.05. The van der Waals surface area contributed by atoms with Crippen LogP contribution in [-0.4, -0.2) is 27.6 Å². The average molecular weight is 312 g/mol. The number of carboxylic acid groups (broad SMARTS) is 1. The summed E-state index contributed by atoms with van der Waals surface area (Å²) in [4.78, 5) is 46.7. The van der Waals surface area contributed by atoms with Gasteiger partial charge in [-0.3, -0.25) is 19.7 Å². The van der Waals surface area contributed by atoms with Gasteiger partial charge in [0.15, 0.2) is 17.1 Å². The van der Waals surface area contributed by atoms with Crippen LogP contribution in [-0.2, 0) is 0 Å². The van der Waals surface area contributed by atoms with E-state index in [1.807, 2.05) is 0 Å². The lowest BCUT2D eigenvalue weighted by molar-refractivity contribution is -0.384. The first kappa shape index (κ1) is 14.4. The molecule has 8 nitrogen and oxygen atoms in total. The maximum absolute atomic E-state index is 12.6. The van der Waals surface area contributed by atoms with Crippen molar-refractivity contribution in [2.45, 2.75) is 0 Å². The Kier molecular flexibility index (Phi) is 2.96. The standard InChI is InChI=1S/C15H8N2O6/c16-9-5-8-10(11(15(20)21)12(9)17(22)23)14(19)7-4-2-1-3-6(7)13(8)18/h1-5H,16H2,(H,20,21). The molecule has 114 valence electrons. The number of ketones is 2. The minimum atomic E-state index is -1.69. The third-order valence-electron chi connectivity index (χ3n) is 3.61. The quantitative estimate of drug-likeness (QED) is 0.416. The van der Waals surface area contributed by atoms with Gasteiger partial charge in [-0.05, 0) is 6.07 Å². The lowest BCUT2D eigenvalue weighted by atomic mass is 9.81. The lowest BCUT2D eigenvalue weighted by Gasteiger charge is -2.19. The number of carboxylic acids is 1. The van der Waals surface area contributed by atoms with E-state index >= 15 is 0 Å². The van der Waals surface area contributed by atoms with Crippen LogP contribution in [0.15, 0.2) is 30.3 Å². The Hall–Kier alpha value is -3.55.